The molecular weight excluding hydrogens is 463 g/mol. The molecule has 2 atom stereocenters. The number of morpholine rings is 1. The largest absolute Gasteiger partial charge is 0.410 e. The van der Waals surface area contributed by atoms with Crippen molar-refractivity contribution in [2.45, 2.75) is 44.4 Å². The van der Waals surface area contributed by atoms with E-state index in [9.17, 15) is 26.4 Å². The first-order valence-corrected chi connectivity index (χ1v) is 12.6. The van der Waals surface area contributed by atoms with Gasteiger partial charge in [0.05, 0.1) is 13.2 Å². The van der Waals surface area contributed by atoms with Gasteiger partial charge in [0.15, 0.2) is 0 Å². The minimum atomic E-state index is -4.69. The topological polar surface area (TPSA) is 89.2 Å². The molecule has 13 heteroatoms. The molecule has 9 nitrogen and oxygen atoms in total. The lowest BCUT2D eigenvalue weighted by Crippen LogP contribution is -2.62. The van der Waals surface area contributed by atoms with E-state index in [0.29, 0.717) is 51.4 Å². The standard InChI is InChI=1S/C20H30F3N5O4S/c1-15-14-32-10-9-27(15)16-11-18(24-19(29)12-16)28-8-7-26(13-17(28)20(21,22)23)33(30,31)25-5-3-2-4-6-25/h11-12,15,17H,2-10,13-14H2,1H3,(H,24,29)/t15-,17?/m1/s1. The maximum Gasteiger partial charge on any atom is 0.410 e. The van der Waals surface area contributed by atoms with Crippen LogP contribution in [0.4, 0.5) is 24.7 Å². The quantitative estimate of drug-likeness (QED) is 0.682. The molecule has 0 aromatic carbocycles. The number of halogens is 3. The smallest absolute Gasteiger partial charge is 0.377 e. The molecule has 3 saturated heterocycles. The third kappa shape index (κ3) is 5.15. The van der Waals surface area contributed by atoms with Crippen molar-refractivity contribution in [3.05, 3.63) is 22.5 Å². The van der Waals surface area contributed by atoms with E-state index in [4.69, 9.17) is 4.74 Å². The van der Waals surface area contributed by atoms with E-state index in [1.54, 1.807) is 0 Å². The van der Waals surface area contributed by atoms with Crippen molar-refractivity contribution >= 4 is 21.7 Å². The number of anilines is 2. The lowest BCUT2D eigenvalue weighted by atomic mass is 10.1. The summed E-state index contributed by atoms with van der Waals surface area (Å²) in [6.07, 6.45) is -2.36. The average Bonchev–Trinajstić information content (AvgIpc) is 2.78. The normalized spacial score (nSPS) is 26.5. The summed E-state index contributed by atoms with van der Waals surface area (Å²) in [6.45, 7) is 3.02. The van der Waals surface area contributed by atoms with Gasteiger partial charge in [-0.15, -0.1) is 0 Å². The number of H-pyrrole nitrogens is 1. The van der Waals surface area contributed by atoms with Crippen LogP contribution in [0.2, 0.25) is 0 Å². The number of hydrogen-bond donors (Lipinski definition) is 1. The van der Waals surface area contributed by atoms with Crippen LogP contribution in [0.25, 0.3) is 0 Å². The summed E-state index contributed by atoms with van der Waals surface area (Å²) in [5.74, 6) is 0.0357. The maximum atomic E-state index is 14.1. The van der Waals surface area contributed by atoms with Gasteiger partial charge in [-0.3, -0.25) is 4.79 Å². The van der Waals surface area contributed by atoms with Gasteiger partial charge in [0.1, 0.15) is 11.9 Å². The molecule has 0 bridgehead atoms. The Morgan fingerprint density at radius 1 is 1.00 bits per heavy atom. The molecule has 0 aliphatic carbocycles. The molecule has 1 N–H and O–H groups in total. The fraction of sp³-hybridized carbons (Fsp3) is 0.750. The van der Waals surface area contributed by atoms with Crippen molar-refractivity contribution in [2.75, 3.05) is 62.3 Å². The van der Waals surface area contributed by atoms with E-state index in [1.807, 2.05) is 11.8 Å². The summed E-state index contributed by atoms with van der Waals surface area (Å²) >= 11 is 0. The molecule has 1 aromatic rings. The monoisotopic (exact) mass is 493 g/mol. The number of piperazine rings is 1. The number of rotatable bonds is 4. The van der Waals surface area contributed by atoms with E-state index in [2.05, 4.69) is 4.98 Å². The zero-order valence-corrected chi connectivity index (χ0v) is 19.4. The van der Waals surface area contributed by atoms with Gasteiger partial charge in [-0.05, 0) is 19.8 Å². The SMILES string of the molecule is C[C@@H]1COCCN1c1cc(N2CCN(S(=O)(=O)N3CCCCC3)CC2C(F)(F)F)[nH]c(=O)c1. The highest BCUT2D eigenvalue weighted by molar-refractivity contribution is 7.86. The molecule has 1 unspecified atom stereocenters. The van der Waals surface area contributed by atoms with E-state index >= 15 is 0 Å². The minimum absolute atomic E-state index is 0.0293. The summed E-state index contributed by atoms with van der Waals surface area (Å²) in [6, 6.07) is 0.805. The molecular formula is C20H30F3N5O4S. The van der Waals surface area contributed by atoms with Gasteiger partial charge in [0, 0.05) is 63.1 Å². The number of hydrogen-bond acceptors (Lipinski definition) is 6. The van der Waals surface area contributed by atoms with E-state index < -0.39 is 34.5 Å². The van der Waals surface area contributed by atoms with Gasteiger partial charge < -0.3 is 19.5 Å². The first kappa shape index (κ1) is 24.3. The number of alkyl halides is 3. The Morgan fingerprint density at radius 2 is 1.73 bits per heavy atom. The zero-order valence-electron chi connectivity index (χ0n) is 18.6. The molecule has 4 rings (SSSR count). The van der Waals surface area contributed by atoms with Crippen molar-refractivity contribution < 1.29 is 26.3 Å². The highest BCUT2D eigenvalue weighted by Crippen LogP contribution is 2.33. The third-order valence-electron chi connectivity index (χ3n) is 6.51. The second-order valence-electron chi connectivity index (χ2n) is 8.78. The number of pyridine rings is 1. The van der Waals surface area contributed by atoms with Crippen molar-refractivity contribution in [3.8, 4) is 0 Å². The Morgan fingerprint density at radius 3 is 2.39 bits per heavy atom. The maximum absolute atomic E-state index is 14.1. The van der Waals surface area contributed by atoms with Crippen LogP contribution in [-0.2, 0) is 14.9 Å². The van der Waals surface area contributed by atoms with E-state index in [-0.39, 0.29) is 24.9 Å². The fourth-order valence-electron chi connectivity index (χ4n) is 4.74. The van der Waals surface area contributed by atoms with Crippen molar-refractivity contribution in [2.24, 2.45) is 0 Å². The van der Waals surface area contributed by atoms with Crippen LogP contribution in [0.5, 0.6) is 0 Å². The molecule has 33 heavy (non-hydrogen) atoms. The Bertz CT molecular complexity index is 996. The molecule has 3 aliphatic heterocycles. The molecule has 3 fully saturated rings. The molecule has 4 heterocycles. The van der Waals surface area contributed by atoms with Crippen LogP contribution in [0.3, 0.4) is 0 Å². The number of piperidine rings is 1. The van der Waals surface area contributed by atoms with Gasteiger partial charge in [-0.25, -0.2) is 0 Å². The second kappa shape index (κ2) is 9.43. The zero-order chi connectivity index (χ0) is 23.8. The lowest BCUT2D eigenvalue weighted by Gasteiger charge is -2.44. The van der Waals surface area contributed by atoms with Crippen LogP contribution >= 0.6 is 0 Å². The minimum Gasteiger partial charge on any atom is -0.377 e. The number of nitrogens with zero attached hydrogens (tertiary/aromatic N) is 4. The summed E-state index contributed by atoms with van der Waals surface area (Å²) < 4.78 is 75.9. The van der Waals surface area contributed by atoms with E-state index in [1.165, 1.54) is 16.4 Å². The summed E-state index contributed by atoms with van der Waals surface area (Å²) in [7, 11) is -3.98. The number of aromatic amines is 1. The third-order valence-corrected chi connectivity index (χ3v) is 8.51. The van der Waals surface area contributed by atoms with Crippen LogP contribution < -0.4 is 15.4 Å². The first-order chi connectivity index (χ1) is 15.6. The Kier molecular flexibility index (Phi) is 6.95. The number of ether oxygens (including phenoxy) is 1. The summed E-state index contributed by atoms with van der Waals surface area (Å²) in [5, 5.41) is 0. The fourth-order valence-corrected chi connectivity index (χ4v) is 6.43. The van der Waals surface area contributed by atoms with E-state index in [0.717, 1.165) is 15.6 Å². The molecule has 1 aromatic heterocycles. The molecule has 0 saturated carbocycles. The van der Waals surface area contributed by atoms with Crippen molar-refractivity contribution in [3.63, 3.8) is 0 Å². The van der Waals surface area contributed by atoms with Crippen molar-refractivity contribution in [1.82, 2.24) is 13.6 Å². The highest BCUT2D eigenvalue weighted by atomic mass is 32.2. The predicted octanol–water partition coefficient (Wildman–Crippen LogP) is 1.38. The van der Waals surface area contributed by atoms with Crippen LogP contribution in [0.15, 0.2) is 16.9 Å². The predicted molar refractivity (Wildman–Crippen MR) is 118 cm³/mol. The van der Waals surface area contributed by atoms with Gasteiger partial charge >= 0.3 is 6.18 Å². The van der Waals surface area contributed by atoms with Gasteiger partial charge in [-0.1, -0.05) is 6.42 Å². The first-order valence-electron chi connectivity index (χ1n) is 11.2. The molecule has 0 radical (unpaired) electrons. The van der Waals surface area contributed by atoms with Gasteiger partial charge in [-0.2, -0.15) is 30.2 Å². The highest BCUT2D eigenvalue weighted by Gasteiger charge is 2.49. The summed E-state index contributed by atoms with van der Waals surface area (Å²) in [5.41, 5.74) is 0.0133. The molecule has 0 amide bonds. The summed E-state index contributed by atoms with van der Waals surface area (Å²) in [4.78, 5) is 17.9. The van der Waals surface area contributed by atoms with Gasteiger partial charge in [0.25, 0.3) is 15.8 Å². The second-order valence-corrected chi connectivity index (χ2v) is 10.7. The molecule has 186 valence electrons. The van der Waals surface area contributed by atoms with Crippen LogP contribution in [-0.4, -0.2) is 92.8 Å². The lowest BCUT2D eigenvalue weighted by molar-refractivity contribution is -0.153. The van der Waals surface area contributed by atoms with Crippen LogP contribution in [0.1, 0.15) is 26.2 Å². The Hall–Kier alpha value is -1.83. The van der Waals surface area contributed by atoms with Gasteiger partial charge in [0.2, 0.25) is 0 Å². The average molecular weight is 494 g/mol. The Balaban J connectivity index is 1.61. The molecule has 3 aliphatic rings. The van der Waals surface area contributed by atoms with Crippen molar-refractivity contribution in [1.29, 1.82) is 0 Å². The number of aromatic nitrogens is 1. The van der Waals surface area contributed by atoms with Crippen LogP contribution in [0, 0.1) is 0 Å². The molecule has 0 spiro atoms. The Labute approximate surface area is 191 Å². The number of nitrogens with one attached hydrogen (secondary N) is 1.